The second kappa shape index (κ2) is 12.4. The molecule has 0 aromatic rings. The van der Waals surface area contributed by atoms with Gasteiger partial charge in [-0.05, 0) is 18.8 Å². The van der Waals surface area contributed by atoms with Crippen LogP contribution in [0, 0.1) is 11.3 Å². The van der Waals surface area contributed by atoms with Crippen molar-refractivity contribution in [3.05, 3.63) is 12.2 Å². The van der Waals surface area contributed by atoms with Gasteiger partial charge in [-0.3, -0.25) is 4.79 Å². The van der Waals surface area contributed by atoms with Gasteiger partial charge in [-0.25, -0.2) is 0 Å². The van der Waals surface area contributed by atoms with E-state index in [4.69, 9.17) is 28.4 Å². The Bertz CT molecular complexity index is 717. The molecule has 9 atom stereocenters. The standard InChI is InChI=1S/C25H45NO9/c1-14-11-25(33-9,35-16(3)15(14)2)21(28)22(29)26-23(32-8)20-18(27)12-24(4,5)19(34-20)10-17(31-7)13-30-6/h15-21,23,27-28H,1,10-13H2,2-9H3,(H,26,29). The summed E-state index contributed by atoms with van der Waals surface area (Å²) < 4.78 is 34.0. The maximum absolute atomic E-state index is 13.1. The number of amides is 1. The summed E-state index contributed by atoms with van der Waals surface area (Å²) in [6.07, 6.45) is -4.13. The number of rotatable bonds is 11. The van der Waals surface area contributed by atoms with Gasteiger partial charge in [-0.15, -0.1) is 0 Å². The predicted octanol–water partition coefficient (Wildman–Crippen LogP) is 1.38. The number of methoxy groups -OCH3 is 4. The van der Waals surface area contributed by atoms with Crippen molar-refractivity contribution in [3.8, 4) is 0 Å². The molecule has 0 spiro atoms. The van der Waals surface area contributed by atoms with Crippen molar-refractivity contribution in [2.45, 2.75) is 95.6 Å². The van der Waals surface area contributed by atoms with E-state index in [0.717, 1.165) is 5.57 Å². The zero-order valence-corrected chi connectivity index (χ0v) is 22.4. The van der Waals surface area contributed by atoms with Crippen LogP contribution < -0.4 is 5.32 Å². The van der Waals surface area contributed by atoms with Crippen molar-refractivity contribution in [1.29, 1.82) is 0 Å². The van der Waals surface area contributed by atoms with E-state index in [9.17, 15) is 15.0 Å². The Kier molecular flexibility index (Phi) is 10.7. The highest BCUT2D eigenvalue weighted by molar-refractivity contribution is 5.82. The van der Waals surface area contributed by atoms with Gasteiger partial charge in [0, 0.05) is 47.2 Å². The molecule has 2 aliphatic heterocycles. The SMILES string of the molecule is C=C1CC(OC)(C(O)C(=O)NC(OC)C2OC(CC(COC)OC)C(C)(C)CC2O)OC(C)C1C. The zero-order valence-electron chi connectivity index (χ0n) is 22.4. The summed E-state index contributed by atoms with van der Waals surface area (Å²) in [5.41, 5.74) is 0.464. The Balaban J connectivity index is 2.17. The maximum atomic E-state index is 13.1. The molecule has 10 heteroatoms. The summed E-state index contributed by atoms with van der Waals surface area (Å²) in [7, 11) is 6.00. The van der Waals surface area contributed by atoms with Crippen LogP contribution in [0.5, 0.6) is 0 Å². The van der Waals surface area contributed by atoms with Crippen LogP contribution in [-0.4, -0.2) is 99.8 Å². The lowest BCUT2D eigenvalue weighted by Gasteiger charge is -2.48. The number of hydrogen-bond donors (Lipinski definition) is 3. The summed E-state index contributed by atoms with van der Waals surface area (Å²) in [4.78, 5) is 13.1. The van der Waals surface area contributed by atoms with E-state index in [0.29, 0.717) is 19.4 Å². The molecule has 0 saturated carbocycles. The average Bonchev–Trinajstić information content (AvgIpc) is 2.80. The molecule has 9 unspecified atom stereocenters. The fourth-order valence-electron chi connectivity index (χ4n) is 4.91. The van der Waals surface area contributed by atoms with Crippen LogP contribution in [0.25, 0.3) is 0 Å². The largest absolute Gasteiger partial charge is 0.390 e. The van der Waals surface area contributed by atoms with Crippen molar-refractivity contribution in [2.75, 3.05) is 35.0 Å². The molecular formula is C25H45NO9. The second-order valence-electron chi connectivity index (χ2n) is 10.4. The first-order valence-corrected chi connectivity index (χ1v) is 12.1. The van der Waals surface area contributed by atoms with E-state index in [1.165, 1.54) is 14.2 Å². The van der Waals surface area contributed by atoms with Crippen LogP contribution >= 0.6 is 0 Å². The molecule has 0 aliphatic carbocycles. The fraction of sp³-hybridized carbons (Fsp3) is 0.880. The second-order valence-corrected chi connectivity index (χ2v) is 10.4. The van der Waals surface area contributed by atoms with Crippen LogP contribution in [0.4, 0.5) is 0 Å². The van der Waals surface area contributed by atoms with Crippen LogP contribution in [-0.2, 0) is 33.2 Å². The third kappa shape index (κ3) is 6.81. The molecule has 0 aromatic carbocycles. The van der Waals surface area contributed by atoms with E-state index in [1.807, 2.05) is 27.7 Å². The van der Waals surface area contributed by atoms with E-state index in [2.05, 4.69) is 11.9 Å². The lowest BCUT2D eigenvalue weighted by Crippen LogP contribution is -2.63. The molecule has 0 aromatic heterocycles. The van der Waals surface area contributed by atoms with Crippen LogP contribution in [0.2, 0.25) is 0 Å². The minimum Gasteiger partial charge on any atom is -0.390 e. The molecule has 2 heterocycles. The van der Waals surface area contributed by atoms with Gasteiger partial charge < -0.3 is 44.0 Å². The Morgan fingerprint density at radius 3 is 2.40 bits per heavy atom. The molecule has 35 heavy (non-hydrogen) atoms. The Morgan fingerprint density at radius 1 is 1.23 bits per heavy atom. The average molecular weight is 504 g/mol. The monoisotopic (exact) mass is 503 g/mol. The Morgan fingerprint density at radius 2 is 1.89 bits per heavy atom. The van der Waals surface area contributed by atoms with Gasteiger partial charge in [0.05, 0.1) is 31.0 Å². The van der Waals surface area contributed by atoms with Gasteiger partial charge in [-0.1, -0.05) is 32.9 Å². The lowest BCUT2D eigenvalue weighted by atomic mass is 9.75. The molecule has 2 aliphatic rings. The predicted molar refractivity (Wildman–Crippen MR) is 129 cm³/mol. The minimum atomic E-state index is -1.66. The van der Waals surface area contributed by atoms with Crippen LogP contribution in [0.15, 0.2) is 12.2 Å². The van der Waals surface area contributed by atoms with E-state index < -0.39 is 36.2 Å². The van der Waals surface area contributed by atoms with E-state index in [1.54, 1.807) is 14.2 Å². The van der Waals surface area contributed by atoms with Gasteiger partial charge in [-0.2, -0.15) is 0 Å². The minimum absolute atomic E-state index is 0.0559. The summed E-state index contributed by atoms with van der Waals surface area (Å²) in [5.74, 6) is -2.28. The Labute approximate surface area is 209 Å². The first kappa shape index (κ1) is 30.1. The molecule has 2 saturated heterocycles. The number of aliphatic hydroxyl groups is 2. The van der Waals surface area contributed by atoms with E-state index >= 15 is 0 Å². The van der Waals surface area contributed by atoms with Crippen molar-refractivity contribution in [3.63, 3.8) is 0 Å². The number of ether oxygens (including phenoxy) is 6. The normalized spacial score (nSPS) is 35.8. The van der Waals surface area contributed by atoms with E-state index in [-0.39, 0.29) is 36.1 Å². The van der Waals surface area contributed by atoms with Gasteiger partial charge in [0.15, 0.2) is 12.3 Å². The number of carbonyl (C=O) groups excluding carboxylic acids is 1. The van der Waals surface area contributed by atoms with Crippen molar-refractivity contribution >= 4 is 5.91 Å². The highest BCUT2D eigenvalue weighted by atomic mass is 16.7. The quantitative estimate of drug-likeness (QED) is 0.283. The molecule has 0 bridgehead atoms. The number of aliphatic hydroxyl groups excluding tert-OH is 2. The fourth-order valence-corrected chi connectivity index (χ4v) is 4.91. The molecule has 1 amide bonds. The van der Waals surface area contributed by atoms with Gasteiger partial charge in [0.2, 0.25) is 5.79 Å². The molecule has 2 fully saturated rings. The topological polar surface area (TPSA) is 125 Å². The first-order valence-electron chi connectivity index (χ1n) is 12.1. The van der Waals surface area contributed by atoms with Crippen LogP contribution in [0.1, 0.15) is 47.0 Å². The number of hydrogen-bond acceptors (Lipinski definition) is 9. The molecule has 2 rings (SSSR count). The Hall–Kier alpha value is -1.11. The van der Waals surface area contributed by atoms with Gasteiger partial charge in [0.25, 0.3) is 5.91 Å². The molecule has 0 radical (unpaired) electrons. The third-order valence-corrected chi connectivity index (χ3v) is 7.52. The maximum Gasteiger partial charge on any atom is 0.256 e. The zero-order chi connectivity index (χ0) is 26.6. The van der Waals surface area contributed by atoms with Crippen molar-refractivity contribution < 1.29 is 43.4 Å². The molecular weight excluding hydrogens is 458 g/mol. The van der Waals surface area contributed by atoms with Gasteiger partial charge in [0.1, 0.15) is 6.10 Å². The summed E-state index contributed by atoms with van der Waals surface area (Å²) in [6.45, 7) is 12.3. The summed E-state index contributed by atoms with van der Waals surface area (Å²) >= 11 is 0. The smallest absolute Gasteiger partial charge is 0.256 e. The molecule has 10 nitrogen and oxygen atoms in total. The van der Waals surface area contributed by atoms with Crippen molar-refractivity contribution in [1.82, 2.24) is 5.32 Å². The highest BCUT2D eigenvalue weighted by Gasteiger charge is 2.51. The molecule has 3 N–H and O–H groups in total. The number of carbonyl (C=O) groups is 1. The lowest BCUT2D eigenvalue weighted by molar-refractivity contribution is -0.298. The summed E-state index contributed by atoms with van der Waals surface area (Å²) in [5, 5.41) is 24.5. The van der Waals surface area contributed by atoms with Crippen molar-refractivity contribution in [2.24, 2.45) is 11.3 Å². The molecule has 204 valence electrons. The van der Waals surface area contributed by atoms with Gasteiger partial charge >= 0.3 is 0 Å². The summed E-state index contributed by atoms with van der Waals surface area (Å²) in [6, 6.07) is 0. The third-order valence-electron chi connectivity index (χ3n) is 7.52. The highest BCUT2D eigenvalue weighted by Crippen LogP contribution is 2.40. The van der Waals surface area contributed by atoms with Crippen LogP contribution in [0.3, 0.4) is 0 Å². The first-order chi connectivity index (χ1) is 16.3. The number of nitrogens with one attached hydrogen (secondary N) is 1.